The summed E-state index contributed by atoms with van der Waals surface area (Å²) in [4.78, 5) is 11.9. The molecule has 1 amide bonds. The standard InChI is InChI=1S/C10H21N3O3S/c1-6(2)8(9(11)13-15)10(14)12-7(3)5-17(4)16/h6-8,15H,5H2,1-4H3,(H2,11,13)(H,12,14). The van der Waals surface area contributed by atoms with E-state index in [-0.39, 0.29) is 23.7 Å². The summed E-state index contributed by atoms with van der Waals surface area (Å²) in [6.07, 6.45) is 1.58. The minimum Gasteiger partial charge on any atom is -0.409 e. The van der Waals surface area contributed by atoms with E-state index >= 15 is 0 Å². The van der Waals surface area contributed by atoms with E-state index in [9.17, 15) is 9.00 Å². The second-order valence-electron chi connectivity index (χ2n) is 4.40. The maximum atomic E-state index is 11.9. The number of nitrogens with two attached hydrogens (primary N) is 1. The van der Waals surface area contributed by atoms with E-state index in [1.54, 1.807) is 13.2 Å². The minimum absolute atomic E-state index is 0.0785. The van der Waals surface area contributed by atoms with Crippen molar-refractivity contribution in [2.75, 3.05) is 12.0 Å². The fraction of sp³-hybridized carbons (Fsp3) is 0.800. The van der Waals surface area contributed by atoms with Gasteiger partial charge in [0.1, 0.15) is 5.92 Å². The fourth-order valence-corrected chi connectivity index (χ4v) is 2.35. The topological polar surface area (TPSA) is 105 Å². The second kappa shape index (κ2) is 7.26. The molecule has 6 nitrogen and oxygen atoms in total. The maximum absolute atomic E-state index is 11.9. The Balaban J connectivity index is 4.59. The van der Waals surface area contributed by atoms with Gasteiger partial charge in [0.05, 0.1) is 0 Å². The van der Waals surface area contributed by atoms with Gasteiger partial charge in [-0.3, -0.25) is 9.00 Å². The summed E-state index contributed by atoms with van der Waals surface area (Å²) in [7, 11) is -0.974. The van der Waals surface area contributed by atoms with Gasteiger partial charge in [0, 0.05) is 28.9 Å². The van der Waals surface area contributed by atoms with Crippen molar-refractivity contribution < 1.29 is 14.2 Å². The monoisotopic (exact) mass is 263 g/mol. The van der Waals surface area contributed by atoms with Crippen LogP contribution in [-0.2, 0) is 15.6 Å². The molecule has 0 spiro atoms. The zero-order chi connectivity index (χ0) is 13.6. The maximum Gasteiger partial charge on any atom is 0.231 e. The molecule has 0 heterocycles. The smallest absolute Gasteiger partial charge is 0.231 e. The van der Waals surface area contributed by atoms with Crippen LogP contribution in [0.4, 0.5) is 0 Å². The van der Waals surface area contributed by atoms with E-state index in [1.165, 1.54) is 0 Å². The van der Waals surface area contributed by atoms with Crippen LogP contribution in [0.15, 0.2) is 5.16 Å². The Morgan fingerprint density at radius 2 is 2.00 bits per heavy atom. The van der Waals surface area contributed by atoms with Crippen molar-refractivity contribution in [3.05, 3.63) is 0 Å². The van der Waals surface area contributed by atoms with Gasteiger partial charge in [-0.1, -0.05) is 19.0 Å². The number of oxime groups is 1. The van der Waals surface area contributed by atoms with Gasteiger partial charge in [0.25, 0.3) is 0 Å². The van der Waals surface area contributed by atoms with Gasteiger partial charge in [-0.25, -0.2) is 0 Å². The molecule has 0 bridgehead atoms. The zero-order valence-corrected chi connectivity index (χ0v) is 11.5. The lowest BCUT2D eigenvalue weighted by Gasteiger charge is -2.21. The van der Waals surface area contributed by atoms with Crippen molar-refractivity contribution in [3.63, 3.8) is 0 Å². The average Bonchev–Trinajstić information content (AvgIpc) is 2.14. The molecule has 0 aliphatic rings. The summed E-state index contributed by atoms with van der Waals surface area (Å²) >= 11 is 0. The summed E-state index contributed by atoms with van der Waals surface area (Å²) < 4.78 is 11.0. The lowest BCUT2D eigenvalue weighted by atomic mass is 9.93. The average molecular weight is 263 g/mol. The molecule has 0 fully saturated rings. The number of hydrogen-bond acceptors (Lipinski definition) is 4. The van der Waals surface area contributed by atoms with Crippen LogP contribution in [-0.4, -0.2) is 39.2 Å². The third-order valence-electron chi connectivity index (χ3n) is 2.26. The molecule has 0 aromatic rings. The largest absolute Gasteiger partial charge is 0.409 e. The van der Waals surface area contributed by atoms with Crippen molar-refractivity contribution in [2.24, 2.45) is 22.7 Å². The first-order valence-electron chi connectivity index (χ1n) is 5.37. The van der Waals surface area contributed by atoms with Gasteiger partial charge in [0.15, 0.2) is 5.84 Å². The molecule has 17 heavy (non-hydrogen) atoms. The highest BCUT2D eigenvalue weighted by atomic mass is 32.2. The van der Waals surface area contributed by atoms with Gasteiger partial charge in [-0.05, 0) is 12.8 Å². The summed E-state index contributed by atoms with van der Waals surface area (Å²) in [5.74, 6) is -0.791. The van der Waals surface area contributed by atoms with Crippen molar-refractivity contribution >= 4 is 22.5 Å². The summed E-state index contributed by atoms with van der Waals surface area (Å²) in [5.41, 5.74) is 5.48. The van der Waals surface area contributed by atoms with Crippen LogP contribution in [0.3, 0.4) is 0 Å². The van der Waals surface area contributed by atoms with Crippen LogP contribution < -0.4 is 11.1 Å². The number of carbonyl (C=O) groups is 1. The zero-order valence-electron chi connectivity index (χ0n) is 10.6. The van der Waals surface area contributed by atoms with Crippen molar-refractivity contribution in [1.29, 1.82) is 0 Å². The van der Waals surface area contributed by atoms with Crippen LogP contribution in [0, 0.1) is 11.8 Å². The van der Waals surface area contributed by atoms with E-state index in [2.05, 4.69) is 10.5 Å². The van der Waals surface area contributed by atoms with Gasteiger partial charge in [-0.15, -0.1) is 0 Å². The van der Waals surface area contributed by atoms with E-state index in [4.69, 9.17) is 10.9 Å². The predicted molar refractivity (Wildman–Crippen MR) is 68.3 cm³/mol. The first kappa shape index (κ1) is 15.9. The number of rotatable bonds is 6. The SMILES string of the molecule is CC(CS(C)=O)NC(=O)C(C(N)=NO)C(C)C. The first-order valence-corrected chi connectivity index (χ1v) is 7.10. The molecule has 0 saturated carbocycles. The molecule has 0 radical (unpaired) electrons. The lowest BCUT2D eigenvalue weighted by Crippen LogP contribution is -2.46. The molecule has 3 atom stereocenters. The Morgan fingerprint density at radius 1 is 1.47 bits per heavy atom. The van der Waals surface area contributed by atoms with Gasteiger partial charge >= 0.3 is 0 Å². The Labute approximate surface area is 104 Å². The molecule has 0 aliphatic heterocycles. The summed E-state index contributed by atoms with van der Waals surface area (Å²) in [6.45, 7) is 5.39. The third-order valence-corrected chi connectivity index (χ3v) is 3.23. The molecule has 0 saturated heterocycles. The highest BCUT2D eigenvalue weighted by Gasteiger charge is 2.27. The normalized spacial score (nSPS) is 17.6. The van der Waals surface area contributed by atoms with Crippen molar-refractivity contribution in [1.82, 2.24) is 5.32 Å². The van der Waals surface area contributed by atoms with E-state index in [0.717, 1.165) is 0 Å². The summed E-state index contributed by atoms with van der Waals surface area (Å²) in [6, 6.07) is -0.207. The number of carbonyl (C=O) groups excluding carboxylic acids is 1. The molecule has 0 aromatic carbocycles. The molecule has 0 aromatic heterocycles. The molecule has 7 heteroatoms. The molecule has 3 unspecified atom stereocenters. The fourth-order valence-electron chi connectivity index (χ4n) is 1.57. The predicted octanol–water partition coefficient (Wildman–Crippen LogP) is -0.112. The lowest BCUT2D eigenvalue weighted by molar-refractivity contribution is -0.124. The Kier molecular flexibility index (Phi) is 6.79. The summed E-state index contributed by atoms with van der Waals surface area (Å²) in [5, 5.41) is 14.2. The van der Waals surface area contributed by atoms with Crippen LogP contribution in [0.5, 0.6) is 0 Å². The van der Waals surface area contributed by atoms with Gasteiger partial charge < -0.3 is 16.3 Å². The highest BCUT2D eigenvalue weighted by Crippen LogP contribution is 2.11. The van der Waals surface area contributed by atoms with E-state index < -0.39 is 16.7 Å². The number of amides is 1. The Morgan fingerprint density at radius 3 is 2.35 bits per heavy atom. The molecule has 0 aliphatic carbocycles. The van der Waals surface area contributed by atoms with E-state index in [1.807, 2.05) is 13.8 Å². The van der Waals surface area contributed by atoms with Crippen LogP contribution in [0.25, 0.3) is 0 Å². The van der Waals surface area contributed by atoms with Gasteiger partial charge in [0.2, 0.25) is 5.91 Å². The molecule has 0 rings (SSSR count). The Bertz CT molecular complexity index is 318. The van der Waals surface area contributed by atoms with Crippen LogP contribution in [0.2, 0.25) is 0 Å². The van der Waals surface area contributed by atoms with Crippen LogP contribution >= 0.6 is 0 Å². The van der Waals surface area contributed by atoms with Crippen molar-refractivity contribution in [2.45, 2.75) is 26.8 Å². The first-order chi connectivity index (χ1) is 7.79. The van der Waals surface area contributed by atoms with E-state index in [0.29, 0.717) is 5.75 Å². The number of nitrogens with zero attached hydrogens (tertiary/aromatic N) is 1. The van der Waals surface area contributed by atoms with Crippen LogP contribution in [0.1, 0.15) is 20.8 Å². The molecular weight excluding hydrogens is 242 g/mol. The number of amidine groups is 1. The molecular formula is C10H21N3O3S. The quantitative estimate of drug-likeness (QED) is 0.269. The second-order valence-corrected chi connectivity index (χ2v) is 5.88. The third kappa shape index (κ3) is 5.67. The highest BCUT2D eigenvalue weighted by molar-refractivity contribution is 7.84. The number of nitrogens with one attached hydrogen (secondary N) is 1. The molecule has 4 N–H and O–H groups in total. The molecule has 100 valence electrons. The van der Waals surface area contributed by atoms with Crippen molar-refractivity contribution in [3.8, 4) is 0 Å². The number of hydrogen-bond donors (Lipinski definition) is 3. The minimum atomic E-state index is -0.974. The Hall–Kier alpha value is -1.11. The van der Waals surface area contributed by atoms with Gasteiger partial charge in [-0.2, -0.15) is 0 Å².